The highest BCUT2D eigenvalue weighted by Gasteiger charge is 2.04. The summed E-state index contributed by atoms with van der Waals surface area (Å²) in [6.07, 6.45) is 8.16. The monoisotopic (exact) mass is 281 g/mol. The molecule has 20 heavy (non-hydrogen) atoms. The third-order valence-corrected chi connectivity index (χ3v) is 3.52. The van der Waals surface area contributed by atoms with E-state index in [9.17, 15) is 0 Å². The summed E-state index contributed by atoms with van der Waals surface area (Å²) in [4.78, 5) is 4.25. The minimum absolute atomic E-state index is 0.776. The maximum absolute atomic E-state index is 5.31. The standard InChI is InChI=1S/C16H31N3O/c1-14(2)6-4-5-10-18-16(17-3)19-11-7-15-8-12-20-13-9-15/h8,14H,4-7,9-13H2,1-3H3,(H2,17,18,19). The first-order valence-electron chi connectivity index (χ1n) is 7.92. The average molecular weight is 281 g/mol. The lowest BCUT2D eigenvalue weighted by atomic mass is 10.1. The summed E-state index contributed by atoms with van der Waals surface area (Å²) >= 11 is 0. The van der Waals surface area contributed by atoms with Crippen LogP contribution in [0, 0.1) is 5.92 Å². The van der Waals surface area contributed by atoms with E-state index in [4.69, 9.17) is 4.74 Å². The minimum atomic E-state index is 0.776. The van der Waals surface area contributed by atoms with Gasteiger partial charge in [-0.15, -0.1) is 0 Å². The van der Waals surface area contributed by atoms with Crippen molar-refractivity contribution < 1.29 is 4.74 Å². The molecule has 1 rings (SSSR count). The molecule has 1 heterocycles. The van der Waals surface area contributed by atoms with Gasteiger partial charge in [0.2, 0.25) is 0 Å². The van der Waals surface area contributed by atoms with Crippen molar-refractivity contribution in [2.75, 3.05) is 33.4 Å². The van der Waals surface area contributed by atoms with Crippen LogP contribution in [0.1, 0.15) is 46.0 Å². The molecule has 1 aliphatic rings. The summed E-state index contributed by atoms with van der Waals surface area (Å²) in [6.45, 7) is 8.14. The quantitative estimate of drug-likeness (QED) is 0.311. The molecule has 0 aromatic rings. The van der Waals surface area contributed by atoms with Gasteiger partial charge in [0.25, 0.3) is 0 Å². The fourth-order valence-electron chi connectivity index (χ4n) is 2.24. The Balaban J connectivity index is 2.06. The van der Waals surface area contributed by atoms with Crippen molar-refractivity contribution >= 4 is 5.96 Å². The van der Waals surface area contributed by atoms with Crippen molar-refractivity contribution in [2.24, 2.45) is 10.9 Å². The summed E-state index contributed by atoms with van der Waals surface area (Å²) < 4.78 is 5.31. The molecule has 4 heteroatoms. The van der Waals surface area contributed by atoms with Crippen LogP contribution < -0.4 is 10.6 Å². The first-order chi connectivity index (χ1) is 9.72. The van der Waals surface area contributed by atoms with Gasteiger partial charge in [0.05, 0.1) is 13.2 Å². The molecule has 0 saturated carbocycles. The highest BCUT2D eigenvalue weighted by Crippen LogP contribution is 2.10. The van der Waals surface area contributed by atoms with Crippen LogP contribution in [-0.2, 0) is 4.74 Å². The summed E-state index contributed by atoms with van der Waals surface area (Å²) in [6, 6.07) is 0. The number of hydrogen-bond donors (Lipinski definition) is 2. The van der Waals surface area contributed by atoms with Gasteiger partial charge in [0.15, 0.2) is 5.96 Å². The maximum Gasteiger partial charge on any atom is 0.190 e. The van der Waals surface area contributed by atoms with Gasteiger partial charge in [-0.05, 0) is 25.2 Å². The van der Waals surface area contributed by atoms with E-state index >= 15 is 0 Å². The lowest BCUT2D eigenvalue weighted by Gasteiger charge is -2.15. The van der Waals surface area contributed by atoms with E-state index in [0.29, 0.717) is 0 Å². The lowest BCUT2D eigenvalue weighted by Crippen LogP contribution is -2.38. The second-order valence-corrected chi connectivity index (χ2v) is 5.75. The number of ether oxygens (including phenoxy) is 1. The molecule has 0 aromatic heterocycles. The van der Waals surface area contributed by atoms with E-state index in [1.54, 1.807) is 0 Å². The molecule has 0 aromatic carbocycles. The van der Waals surface area contributed by atoms with Gasteiger partial charge in [-0.2, -0.15) is 0 Å². The van der Waals surface area contributed by atoms with E-state index in [1.807, 2.05) is 7.05 Å². The third-order valence-electron chi connectivity index (χ3n) is 3.52. The van der Waals surface area contributed by atoms with E-state index in [2.05, 4.69) is 35.5 Å². The Morgan fingerprint density at radius 1 is 1.30 bits per heavy atom. The van der Waals surface area contributed by atoms with Crippen LogP contribution in [0.2, 0.25) is 0 Å². The molecule has 4 nitrogen and oxygen atoms in total. The first kappa shape index (κ1) is 17.0. The lowest BCUT2D eigenvalue weighted by molar-refractivity contribution is 0.153. The van der Waals surface area contributed by atoms with Gasteiger partial charge in [-0.3, -0.25) is 4.99 Å². The Kier molecular flexibility index (Phi) is 9.13. The number of rotatable bonds is 8. The molecule has 0 unspecified atom stereocenters. The number of unbranched alkanes of at least 4 members (excludes halogenated alkanes) is 1. The van der Waals surface area contributed by atoms with Crippen molar-refractivity contribution in [3.05, 3.63) is 11.6 Å². The first-order valence-corrected chi connectivity index (χ1v) is 7.92. The Bertz CT molecular complexity index is 311. The minimum Gasteiger partial charge on any atom is -0.377 e. The van der Waals surface area contributed by atoms with Gasteiger partial charge in [0.1, 0.15) is 0 Å². The summed E-state index contributed by atoms with van der Waals surface area (Å²) in [5.74, 6) is 1.72. The fraction of sp³-hybridized carbons (Fsp3) is 0.812. The highest BCUT2D eigenvalue weighted by atomic mass is 16.5. The van der Waals surface area contributed by atoms with Crippen LogP contribution in [0.4, 0.5) is 0 Å². The van der Waals surface area contributed by atoms with Crippen molar-refractivity contribution in [1.82, 2.24) is 10.6 Å². The van der Waals surface area contributed by atoms with Crippen LogP contribution in [0.3, 0.4) is 0 Å². The number of nitrogens with one attached hydrogen (secondary N) is 2. The average Bonchev–Trinajstić information content (AvgIpc) is 2.46. The van der Waals surface area contributed by atoms with Crippen molar-refractivity contribution in [1.29, 1.82) is 0 Å². The van der Waals surface area contributed by atoms with Crippen molar-refractivity contribution in [3.8, 4) is 0 Å². The van der Waals surface area contributed by atoms with Gasteiger partial charge in [0, 0.05) is 20.1 Å². The summed E-state index contributed by atoms with van der Waals surface area (Å²) in [5, 5.41) is 6.75. The van der Waals surface area contributed by atoms with Crippen LogP contribution >= 0.6 is 0 Å². The number of guanidine groups is 1. The maximum atomic E-state index is 5.31. The number of nitrogens with zero attached hydrogens (tertiary/aromatic N) is 1. The Morgan fingerprint density at radius 3 is 2.75 bits per heavy atom. The van der Waals surface area contributed by atoms with E-state index in [-0.39, 0.29) is 0 Å². The summed E-state index contributed by atoms with van der Waals surface area (Å²) in [7, 11) is 1.83. The molecule has 0 fully saturated rings. The van der Waals surface area contributed by atoms with Gasteiger partial charge in [-0.25, -0.2) is 0 Å². The molecule has 0 bridgehead atoms. The molecular formula is C16H31N3O. The molecular weight excluding hydrogens is 250 g/mol. The Morgan fingerprint density at radius 2 is 2.10 bits per heavy atom. The molecule has 0 spiro atoms. The second kappa shape index (κ2) is 10.7. The van der Waals surface area contributed by atoms with Gasteiger partial charge >= 0.3 is 0 Å². The predicted octanol–water partition coefficient (Wildman–Crippen LogP) is 2.71. The van der Waals surface area contributed by atoms with Crippen LogP contribution in [-0.4, -0.2) is 39.3 Å². The van der Waals surface area contributed by atoms with E-state index in [1.165, 1.54) is 24.8 Å². The zero-order valence-corrected chi connectivity index (χ0v) is 13.4. The van der Waals surface area contributed by atoms with Gasteiger partial charge < -0.3 is 15.4 Å². The third kappa shape index (κ3) is 8.20. The summed E-state index contributed by atoms with van der Waals surface area (Å²) in [5.41, 5.74) is 1.50. The zero-order chi connectivity index (χ0) is 14.6. The number of aliphatic imine (C=N–C) groups is 1. The van der Waals surface area contributed by atoms with Crippen LogP contribution in [0.25, 0.3) is 0 Å². The van der Waals surface area contributed by atoms with Crippen molar-refractivity contribution in [2.45, 2.75) is 46.0 Å². The molecule has 0 amide bonds. The molecule has 1 aliphatic heterocycles. The van der Waals surface area contributed by atoms with Crippen LogP contribution in [0.5, 0.6) is 0 Å². The van der Waals surface area contributed by atoms with Crippen molar-refractivity contribution in [3.63, 3.8) is 0 Å². The molecule has 0 atom stereocenters. The topological polar surface area (TPSA) is 45.7 Å². The fourth-order valence-corrected chi connectivity index (χ4v) is 2.24. The van der Waals surface area contributed by atoms with E-state index < -0.39 is 0 Å². The molecule has 0 saturated heterocycles. The Labute approximate surface area is 124 Å². The highest BCUT2D eigenvalue weighted by molar-refractivity contribution is 5.79. The van der Waals surface area contributed by atoms with Crippen LogP contribution in [0.15, 0.2) is 16.6 Å². The predicted molar refractivity (Wildman–Crippen MR) is 86.2 cm³/mol. The molecule has 0 radical (unpaired) electrons. The van der Waals surface area contributed by atoms with E-state index in [0.717, 1.165) is 51.0 Å². The Hall–Kier alpha value is -1.03. The normalized spacial score (nSPS) is 16.2. The smallest absolute Gasteiger partial charge is 0.190 e. The second-order valence-electron chi connectivity index (χ2n) is 5.75. The molecule has 116 valence electrons. The van der Waals surface area contributed by atoms with Gasteiger partial charge in [-0.1, -0.05) is 38.3 Å². The largest absolute Gasteiger partial charge is 0.377 e. The zero-order valence-electron chi connectivity index (χ0n) is 13.4. The SMILES string of the molecule is CN=C(NCCCCC(C)C)NCCC1=CCOCC1. The number of hydrogen-bond acceptors (Lipinski definition) is 2. The molecule has 2 N–H and O–H groups in total. The molecule has 0 aliphatic carbocycles.